The van der Waals surface area contributed by atoms with Gasteiger partial charge in [-0.2, -0.15) is 0 Å². The highest BCUT2D eigenvalue weighted by molar-refractivity contribution is 5.94. The largest absolute Gasteiger partial charge is 0.480 e. The molecule has 0 aromatic carbocycles. The van der Waals surface area contributed by atoms with Crippen molar-refractivity contribution in [1.82, 2.24) is 16.0 Å². The van der Waals surface area contributed by atoms with Gasteiger partial charge in [0.05, 0.1) is 12.6 Å². The molecule has 0 bridgehead atoms. The number of amides is 3. The van der Waals surface area contributed by atoms with E-state index in [-0.39, 0.29) is 25.3 Å². The Balaban J connectivity index is 5.15. The SMILES string of the molecule is CC(N)C(=O)NC(CCCN=C(N)N)C(=O)NC(CO)C(=O)NC(CCCCN)C(=O)O. The first-order chi connectivity index (χ1) is 15.0. The van der Waals surface area contributed by atoms with Gasteiger partial charge in [0.1, 0.15) is 18.1 Å². The summed E-state index contributed by atoms with van der Waals surface area (Å²) in [6.45, 7) is 1.24. The van der Waals surface area contributed by atoms with E-state index >= 15 is 0 Å². The van der Waals surface area contributed by atoms with Gasteiger partial charge in [-0.1, -0.05) is 0 Å². The molecule has 0 aromatic rings. The van der Waals surface area contributed by atoms with Gasteiger partial charge in [0.15, 0.2) is 5.96 Å². The Morgan fingerprint density at radius 2 is 1.41 bits per heavy atom. The summed E-state index contributed by atoms with van der Waals surface area (Å²) in [6, 6.07) is -4.59. The van der Waals surface area contributed by atoms with E-state index in [1.54, 1.807) is 0 Å². The van der Waals surface area contributed by atoms with Gasteiger partial charge in [-0.15, -0.1) is 0 Å². The molecule has 4 unspecified atom stereocenters. The van der Waals surface area contributed by atoms with Crippen molar-refractivity contribution < 1.29 is 29.4 Å². The van der Waals surface area contributed by atoms with E-state index in [0.717, 1.165) is 0 Å². The van der Waals surface area contributed by atoms with Crippen LogP contribution in [0.15, 0.2) is 4.99 Å². The number of unbranched alkanes of at least 4 members (excludes halogenated alkanes) is 1. The van der Waals surface area contributed by atoms with Gasteiger partial charge in [0.25, 0.3) is 0 Å². The predicted octanol–water partition coefficient (Wildman–Crippen LogP) is -3.95. The molecule has 14 heteroatoms. The number of hydrogen-bond acceptors (Lipinski definition) is 8. The molecule has 0 rings (SSSR count). The summed E-state index contributed by atoms with van der Waals surface area (Å²) in [4.78, 5) is 52.2. The molecular weight excluding hydrogens is 424 g/mol. The summed E-state index contributed by atoms with van der Waals surface area (Å²) in [5.74, 6) is -3.60. The number of rotatable bonds is 16. The molecule has 0 saturated carbocycles. The zero-order chi connectivity index (χ0) is 24.7. The number of guanidine groups is 1. The number of carboxylic acids is 1. The second kappa shape index (κ2) is 15.8. The van der Waals surface area contributed by atoms with E-state index in [0.29, 0.717) is 25.8 Å². The number of nitrogens with one attached hydrogen (secondary N) is 3. The molecule has 184 valence electrons. The second-order valence-electron chi connectivity index (χ2n) is 7.23. The van der Waals surface area contributed by atoms with Crippen molar-refractivity contribution in [3.8, 4) is 0 Å². The third kappa shape index (κ3) is 12.0. The fraction of sp³-hybridized carbons (Fsp3) is 0.722. The second-order valence-corrected chi connectivity index (χ2v) is 7.23. The summed E-state index contributed by atoms with van der Waals surface area (Å²) in [5.41, 5.74) is 21.4. The Kier molecular flexibility index (Phi) is 14.3. The van der Waals surface area contributed by atoms with E-state index in [2.05, 4.69) is 20.9 Å². The summed E-state index contributed by atoms with van der Waals surface area (Å²) >= 11 is 0. The van der Waals surface area contributed by atoms with Crippen LogP contribution < -0.4 is 38.9 Å². The van der Waals surface area contributed by atoms with Crippen LogP contribution >= 0.6 is 0 Å². The first-order valence-electron chi connectivity index (χ1n) is 10.3. The van der Waals surface area contributed by atoms with E-state index in [4.69, 9.17) is 22.9 Å². The quantitative estimate of drug-likeness (QED) is 0.0612. The fourth-order valence-corrected chi connectivity index (χ4v) is 2.56. The van der Waals surface area contributed by atoms with Gasteiger partial charge >= 0.3 is 5.97 Å². The van der Waals surface area contributed by atoms with Crippen LogP contribution in [-0.2, 0) is 19.2 Å². The van der Waals surface area contributed by atoms with Gasteiger partial charge in [-0.05, 0) is 45.6 Å². The van der Waals surface area contributed by atoms with Crippen LogP contribution in [0.5, 0.6) is 0 Å². The molecule has 0 aromatic heterocycles. The minimum Gasteiger partial charge on any atom is -0.480 e. The number of carbonyl (C=O) groups is 4. The molecule has 0 saturated heterocycles. The van der Waals surface area contributed by atoms with Gasteiger partial charge in [-0.3, -0.25) is 19.4 Å². The maximum atomic E-state index is 12.7. The van der Waals surface area contributed by atoms with E-state index in [1.807, 2.05) is 0 Å². The van der Waals surface area contributed by atoms with Crippen LogP contribution in [0.2, 0.25) is 0 Å². The topological polar surface area (TPSA) is 261 Å². The van der Waals surface area contributed by atoms with Gasteiger partial charge < -0.3 is 49.1 Å². The maximum absolute atomic E-state index is 12.7. The minimum atomic E-state index is -1.42. The van der Waals surface area contributed by atoms with Gasteiger partial charge in [-0.25, -0.2) is 4.79 Å². The number of aliphatic hydroxyl groups is 1. The molecular formula is C18H36N8O6. The number of hydrogen-bond donors (Lipinski definition) is 9. The molecule has 0 aliphatic heterocycles. The lowest BCUT2D eigenvalue weighted by molar-refractivity contribution is -0.142. The van der Waals surface area contributed by atoms with Gasteiger partial charge in [0, 0.05) is 6.54 Å². The summed E-state index contributed by atoms with van der Waals surface area (Å²) < 4.78 is 0. The smallest absolute Gasteiger partial charge is 0.326 e. The average molecular weight is 461 g/mol. The number of nitrogens with two attached hydrogens (primary N) is 4. The zero-order valence-electron chi connectivity index (χ0n) is 18.3. The van der Waals surface area contributed by atoms with Crippen LogP contribution in [-0.4, -0.2) is 83.7 Å². The van der Waals surface area contributed by atoms with Crippen LogP contribution in [0.4, 0.5) is 0 Å². The molecule has 0 spiro atoms. The van der Waals surface area contributed by atoms with Crippen LogP contribution in [0.25, 0.3) is 0 Å². The third-order valence-corrected chi connectivity index (χ3v) is 4.37. The Morgan fingerprint density at radius 3 is 1.91 bits per heavy atom. The minimum absolute atomic E-state index is 0.123. The Hall–Kier alpha value is -2.97. The van der Waals surface area contributed by atoms with E-state index in [9.17, 15) is 29.4 Å². The lowest BCUT2D eigenvalue weighted by Crippen LogP contribution is -2.57. The van der Waals surface area contributed by atoms with E-state index in [1.165, 1.54) is 6.92 Å². The Bertz CT molecular complexity index is 653. The molecule has 14 nitrogen and oxygen atoms in total. The van der Waals surface area contributed by atoms with Crippen molar-refractivity contribution in [2.45, 2.75) is 63.2 Å². The first kappa shape index (κ1) is 29.0. The first-order valence-corrected chi connectivity index (χ1v) is 10.3. The molecule has 0 aliphatic rings. The average Bonchev–Trinajstić information content (AvgIpc) is 2.72. The lowest BCUT2D eigenvalue weighted by atomic mass is 10.1. The van der Waals surface area contributed by atoms with Crippen LogP contribution in [0, 0.1) is 0 Å². The Morgan fingerprint density at radius 1 is 0.875 bits per heavy atom. The predicted molar refractivity (Wildman–Crippen MR) is 117 cm³/mol. The highest BCUT2D eigenvalue weighted by atomic mass is 16.4. The maximum Gasteiger partial charge on any atom is 0.326 e. The number of aliphatic carboxylic acids is 1. The number of carbonyl (C=O) groups excluding carboxylic acids is 3. The van der Waals surface area contributed by atoms with Crippen molar-refractivity contribution in [2.24, 2.45) is 27.9 Å². The number of carboxylic acid groups (broad SMARTS) is 1. The van der Waals surface area contributed by atoms with E-state index < -0.39 is 54.5 Å². The molecule has 0 radical (unpaired) electrons. The zero-order valence-corrected chi connectivity index (χ0v) is 18.3. The molecule has 4 atom stereocenters. The molecule has 32 heavy (non-hydrogen) atoms. The molecule has 3 amide bonds. The highest BCUT2D eigenvalue weighted by Crippen LogP contribution is 2.03. The molecule has 0 aliphatic carbocycles. The van der Waals surface area contributed by atoms with Crippen molar-refractivity contribution >= 4 is 29.7 Å². The van der Waals surface area contributed by atoms with Crippen molar-refractivity contribution in [2.75, 3.05) is 19.7 Å². The number of nitrogens with zero attached hydrogens (tertiary/aromatic N) is 1. The monoisotopic (exact) mass is 460 g/mol. The summed E-state index contributed by atoms with van der Waals surface area (Å²) in [7, 11) is 0. The Labute approximate surface area is 186 Å². The normalized spacial score (nSPS) is 14.4. The lowest BCUT2D eigenvalue weighted by Gasteiger charge is -2.24. The standard InChI is InChI=1S/C18H36N8O6/c1-10(20)14(28)24-11(6-4-8-23-18(21)22)15(29)26-13(9-27)16(30)25-12(17(31)32)5-2-3-7-19/h10-13,27H,2-9,19-20H2,1H3,(H,24,28)(H,25,30)(H,26,29)(H,31,32)(H4,21,22,23). The van der Waals surface area contributed by atoms with Crippen LogP contribution in [0.3, 0.4) is 0 Å². The van der Waals surface area contributed by atoms with Crippen LogP contribution in [0.1, 0.15) is 39.0 Å². The van der Waals surface area contributed by atoms with Gasteiger partial charge in [0.2, 0.25) is 17.7 Å². The van der Waals surface area contributed by atoms with Crippen molar-refractivity contribution in [3.63, 3.8) is 0 Å². The third-order valence-electron chi connectivity index (χ3n) is 4.37. The summed E-state index contributed by atoms with van der Waals surface area (Å²) in [6.07, 6.45) is 1.65. The fourth-order valence-electron chi connectivity index (χ4n) is 2.56. The molecule has 13 N–H and O–H groups in total. The highest BCUT2D eigenvalue weighted by Gasteiger charge is 2.29. The molecule has 0 heterocycles. The number of aliphatic imine (C=N–C) groups is 1. The number of aliphatic hydroxyl groups excluding tert-OH is 1. The molecule has 0 fully saturated rings. The van der Waals surface area contributed by atoms with Crippen molar-refractivity contribution in [1.29, 1.82) is 0 Å². The summed E-state index contributed by atoms with van der Waals surface area (Å²) in [5, 5.41) is 25.9. The van der Waals surface area contributed by atoms with Crippen molar-refractivity contribution in [3.05, 3.63) is 0 Å².